The van der Waals surface area contributed by atoms with E-state index in [0.717, 1.165) is 38.5 Å². The van der Waals surface area contributed by atoms with Gasteiger partial charge in [-0.15, -0.1) is 0 Å². The summed E-state index contributed by atoms with van der Waals surface area (Å²) in [5, 5.41) is 11.4. The molecule has 0 aromatic rings. The minimum absolute atomic E-state index is 0.00251. The molecule has 1 aliphatic heterocycles. The summed E-state index contributed by atoms with van der Waals surface area (Å²) >= 11 is 0. The van der Waals surface area contributed by atoms with Crippen LogP contribution < -0.4 is 21.3 Å². The Morgan fingerprint density at radius 1 is 0.917 bits per heavy atom. The van der Waals surface area contributed by atoms with Crippen molar-refractivity contribution in [1.82, 2.24) is 26.2 Å². The lowest BCUT2D eigenvalue weighted by Gasteiger charge is -2.41. The van der Waals surface area contributed by atoms with Crippen molar-refractivity contribution in [3.8, 4) is 0 Å². The Hall–Kier alpha value is -2.70. The van der Waals surface area contributed by atoms with Crippen LogP contribution in [0.4, 0.5) is 4.79 Å². The summed E-state index contributed by atoms with van der Waals surface area (Å²) in [6.45, 7) is 16.5. The highest BCUT2D eigenvalue weighted by Gasteiger charge is 2.49. The van der Waals surface area contributed by atoms with E-state index in [-0.39, 0.29) is 30.2 Å². The fourth-order valence-corrected chi connectivity index (χ4v) is 8.23. The predicted octanol–water partition coefficient (Wildman–Crippen LogP) is 3.62. The Kier molecular flexibility index (Phi) is 12.8. The maximum absolute atomic E-state index is 14.4. The lowest BCUT2D eigenvalue weighted by atomic mass is 9.83. The fraction of sp³-hybridized carbons (Fsp3) is 0.857. The summed E-state index contributed by atoms with van der Waals surface area (Å²) < 4.78 is 25.6. The first-order chi connectivity index (χ1) is 22.1. The molecule has 3 aliphatic rings. The largest absolute Gasteiger partial charge is 0.347 e. The van der Waals surface area contributed by atoms with Crippen molar-refractivity contribution in [3.63, 3.8) is 0 Å². The lowest BCUT2D eigenvalue weighted by Crippen LogP contribution is -2.63. The molecule has 1 heterocycles. The molecule has 2 aliphatic carbocycles. The fourth-order valence-electron chi connectivity index (χ4n) is 6.71. The van der Waals surface area contributed by atoms with Crippen LogP contribution in [0.3, 0.4) is 0 Å². The number of urea groups is 1. The first-order valence-electron chi connectivity index (χ1n) is 17.9. The molecule has 3 fully saturated rings. The van der Waals surface area contributed by atoms with Gasteiger partial charge in [-0.2, -0.15) is 0 Å². The summed E-state index contributed by atoms with van der Waals surface area (Å²) in [5.41, 5.74) is -1.72. The summed E-state index contributed by atoms with van der Waals surface area (Å²) in [7, 11) is -3.56. The van der Waals surface area contributed by atoms with Crippen LogP contribution in [0.2, 0.25) is 0 Å². The van der Waals surface area contributed by atoms with Crippen molar-refractivity contribution >= 4 is 39.4 Å². The van der Waals surface area contributed by atoms with Crippen molar-refractivity contribution in [2.45, 2.75) is 161 Å². The predicted molar refractivity (Wildman–Crippen MR) is 186 cm³/mol. The zero-order valence-corrected chi connectivity index (χ0v) is 31.5. The molecule has 0 aromatic heterocycles. The van der Waals surface area contributed by atoms with E-state index in [9.17, 15) is 32.4 Å². The Morgan fingerprint density at radius 3 is 2.04 bits per heavy atom. The van der Waals surface area contributed by atoms with Crippen LogP contribution in [-0.2, 0) is 29.0 Å². The molecule has 0 radical (unpaired) electrons. The van der Waals surface area contributed by atoms with Crippen molar-refractivity contribution < 1.29 is 32.4 Å². The van der Waals surface area contributed by atoms with E-state index in [1.165, 1.54) is 4.90 Å². The second-order valence-corrected chi connectivity index (χ2v) is 19.4. The van der Waals surface area contributed by atoms with Crippen LogP contribution >= 0.6 is 0 Å². The quantitative estimate of drug-likeness (QED) is 0.213. The molecule has 5 amide bonds. The molecule has 0 unspecified atom stereocenters. The van der Waals surface area contributed by atoms with Gasteiger partial charge in [0.2, 0.25) is 17.6 Å². The van der Waals surface area contributed by atoms with Crippen LogP contribution in [-0.4, -0.2) is 89.6 Å². The van der Waals surface area contributed by atoms with Crippen LogP contribution in [0.5, 0.6) is 0 Å². The molecule has 1 saturated heterocycles. The SMILES string of the molecule is CCCC[C@H](NC(=O)[C@@H]1[C@@H](C)[C@@H](C)CN1C(=O)[C@@H](NC(=O)NC1(CS(=O)(=O)C(C)(C)C)CCCCC1)C(C)(C)C)C(=O)C(=O)NC1CC1. The van der Waals surface area contributed by atoms with Crippen LogP contribution in [0.25, 0.3) is 0 Å². The Morgan fingerprint density at radius 2 is 1.52 bits per heavy atom. The molecular weight excluding hydrogens is 634 g/mol. The summed E-state index contributed by atoms with van der Waals surface area (Å²) in [6.07, 6.45) is 6.93. The number of rotatable bonds is 13. The van der Waals surface area contributed by atoms with Gasteiger partial charge < -0.3 is 26.2 Å². The molecule has 12 nitrogen and oxygen atoms in total. The molecule has 0 aromatic carbocycles. The molecule has 274 valence electrons. The number of hydrogen-bond acceptors (Lipinski definition) is 7. The molecular formula is C35H61N5O7S. The minimum Gasteiger partial charge on any atom is -0.347 e. The highest BCUT2D eigenvalue weighted by Crippen LogP contribution is 2.34. The van der Waals surface area contributed by atoms with Gasteiger partial charge in [0, 0.05) is 12.6 Å². The van der Waals surface area contributed by atoms with Gasteiger partial charge in [-0.1, -0.05) is 73.6 Å². The van der Waals surface area contributed by atoms with Crippen molar-refractivity contribution in [2.75, 3.05) is 12.3 Å². The van der Waals surface area contributed by atoms with Crippen LogP contribution in [0, 0.1) is 17.3 Å². The number of unbranched alkanes of at least 4 members (excludes halogenated alkanes) is 1. The number of nitrogens with one attached hydrogen (secondary N) is 4. The average molecular weight is 696 g/mol. The highest BCUT2D eigenvalue weighted by molar-refractivity contribution is 7.92. The number of carbonyl (C=O) groups is 5. The average Bonchev–Trinajstić information content (AvgIpc) is 3.74. The number of Topliss-reactive ketones (excluding diaryl/α,β-unsaturated/α-hetero) is 1. The standard InChI is InChI=1S/C35H61N5O7S/c1-10-11-15-25(27(41)30(43)36-24-16-17-24)37-29(42)26-23(3)22(2)20-40(26)31(44)28(33(4,5)6)38-32(45)39-35(18-13-12-14-19-35)21-48(46,47)34(7,8)9/h22-26,28H,10-21H2,1-9H3,(H,36,43)(H,37,42)(H2,38,39,45)/t22-,23-,25-,26-,28+/m0/s1. The molecule has 3 rings (SSSR count). The van der Waals surface area contributed by atoms with Crippen molar-refractivity contribution in [2.24, 2.45) is 17.3 Å². The van der Waals surface area contributed by atoms with Gasteiger partial charge >= 0.3 is 6.03 Å². The normalized spacial score (nSPS) is 24.3. The second kappa shape index (κ2) is 15.5. The Labute approximate surface area is 288 Å². The zero-order valence-electron chi connectivity index (χ0n) is 30.7. The van der Waals surface area contributed by atoms with E-state index < -0.39 is 73.2 Å². The van der Waals surface area contributed by atoms with E-state index >= 15 is 0 Å². The number of amides is 5. The number of likely N-dealkylation sites (tertiary alicyclic amines) is 1. The Balaban J connectivity index is 1.83. The van der Waals surface area contributed by atoms with Gasteiger partial charge in [0.15, 0.2) is 9.84 Å². The molecule has 4 N–H and O–H groups in total. The summed E-state index contributed by atoms with van der Waals surface area (Å²) in [4.78, 5) is 69.2. The smallest absolute Gasteiger partial charge is 0.315 e. The maximum Gasteiger partial charge on any atom is 0.315 e. The number of hydrogen-bond donors (Lipinski definition) is 4. The van der Waals surface area contributed by atoms with E-state index in [2.05, 4.69) is 21.3 Å². The minimum atomic E-state index is -3.56. The second-order valence-electron chi connectivity index (χ2n) is 16.7. The topological polar surface area (TPSA) is 171 Å². The molecule has 2 saturated carbocycles. The van der Waals surface area contributed by atoms with E-state index in [0.29, 0.717) is 25.7 Å². The monoisotopic (exact) mass is 695 g/mol. The number of nitrogens with zero attached hydrogens (tertiary/aromatic N) is 1. The van der Waals surface area contributed by atoms with Gasteiger partial charge in [-0.3, -0.25) is 19.2 Å². The molecule has 48 heavy (non-hydrogen) atoms. The van der Waals surface area contributed by atoms with Crippen LogP contribution in [0.15, 0.2) is 0 Å². The van der Waals surface area contributed by atoms with Gasteiger partial charge in [0.1, 0.15) is 12.1 Å². The molecule has 0 spiro atoms. The Bertz CT molecular complexity index is 1310. The summed E-state index contributed by atoms with van der Waals surface area (Å²) in [6, 6.07) is -3.57. The number of sulfone groups is 1. The third-order valence-electron chi connectivity index (χ3n) is 10.4. The van der Waals surface area contributed by atoms with Crippen molar-refractivity contribution in [3.05, 3.63) is 0 Å². The van der Waals surface area contributed by atoms with E-state index in [1.54, 1.807) is 20.8 Å². The van der Waals surface area contributed by atoms with Gasteiger partial charge in [0.05, 0.1) is 22.1 Å². The highest BCUT2D eigenvalue weighted by atomic mass is 32.2. The number of ketones is 1. The van der Waals surface area contributed by atoms with Gasteiger partial charge in [-0.25, -0.2) is 13.2 Å². The van der Waals surface area contributed by atoms with E-state index in [4.69, 9.17) is 0 Å². The van der Waals surface area contributed by atoms with Gasteiger partial charge in [-0.05, 0) is 70.1 Å². The lowest BCUT2D eigenvalue weighted by molar-refractivity contribution is -0.144. The third-order valence-corrected chi connectivity index (χ3v) is 13.2. The first-order valence-corrected chi connectivity index (χ1v) is 19.5. The number of carbonyl (C=O) groups excluding carboxylic acids is 5. The molecule has 5 atom stereocenters. The maximum atomic E-state index is 14.4. The third kappa shape index (κ3) is 9.94. The molecule has 13 heteroatoms. The van der Waals surface area contributed by atoms with Crippen LogP contribution in [0.1, 0.15) is 127 Å². The van der Waals surface area contributed by atoms with Gasteiger partial charge in [0.25, 0.3) is 5.91 Å². The first kappa shape index (κ1) is 39.7. The van der Waals surface area contributed by atoms with Crippen molar-refractivity contribution in [1.29, 1.82) is 0 Å². The zero-order chi connectivity index (χ0) is 36.2. The van der Waals surface area contributed by atoms with E-state index in [1.807, 2.05) is 41.5 Å². The molecule has 0 bridgehead atoms. The summed E-state index contributed by atoms with van der Waals surface area (Å²) in [5.74, 6) is -2.80.